The van der Waals surface area contributed by atoms with Crippen LogP contribution in [-0.2, 0) is 0 Å². The highest BCUT2D eigenvalue weighted by atomic mass is 35.5. The van der Waals surface area contributed by atoms with Crippen LogP contribution in [0, 0.1) is 11.8 Å². The van der Waals surface area contributed by atoms with Gasteiger partial charge < -0.3 is 4.90 Å². The maximum atomic E-state index is 12.7. The summed E-state index contributed by atoms with van der Waals surface area (Å²) in [5.41, 5.74) is 2.28. The average molecular weight is 462 g/mol. The molecule has 3 heterocycles. The molecule has 0 N–H and O–H groups in total. The molecule has 4 nitrogen and oxygen atoms in total. The Morgan fingerprint density at radius 1 is 0.839 bits per heavy atom. The van der Waals surface area contributed by atoms with Crippen molar-refractivity contribution in [3.63, 3.8) is 0 Å². The minimum absolute atomic E-state index is 0. The second-order valence-electron chi connectivity index (χ2n) is 9.06. The lowest BCUT2D eigenvalue weighted by molar-refractivity contribution is 0.0628. The summed E-state index contributed by atoms with van der Waals surface area (Å²) in [5, 5.41) is 0. The lowest BCUT2D eigenvalue weighted by Gasteiger charge is -2.38. The Morgan fingerprint density at radius 2 is 1.45 bits per heavy atom. The normalized spacial score (nSPS) is 26.7. The molecule has 168 valence electrons. The Hall–Kier alpha value is -1.59. The predicted octanol–water partition coefficient (Wildman–Crippen LogP) is 4.37. The van der Waals surface area contributed by atoms with Gasteiger partial charge in [-0.25, -0.2) is 0 Å². The predicted molar refractivity (Wildman–Crippen MR) is 130 cm³/mol. The summed E-state index contributed by atoms with van der Waals surface area (Å²) < 4.78 is 0. The number of benzene rings is 2. The molecule has 0 radical (unpaired) electrons. The quantitative estimate of drug-likeness (QED) is 0.678. The van der Waals surface area contributed by atoms with E-state index in [4.69, 9.17) is 0 Å². The highest BCUT2D eigenvalue weighted by molar-refractivity contribution is 5.94. The van der Waals surface area contributed by atoms with Crippen LogP contribution in [0.25, 0.3) is 0 Å². The third-order valence-electron chi connectivity index (χ3n) is 7.35. The molecule has 2 aromatic rings. The zero-order valence-corrected chi connectivity index (χ0v) is 19.7. The first-order valence-corrected chi connectivity index (χ1v) is 11.0. The van der Waals surface area contributed by atoms with Crippen LogP contribution in [0.5, 0.6) is 0 Å². The molecule has 5 rings (SSSR count). The van der Waals surface area contributed by atoms with Gasteiger partial charge in [-0.1, -0.05) is 48.5 Å². The fraction of sp³-hybridized carbons (Fsp3) is 0.480. The molecule has 0 aliphatic carbocycles. The van der Waals surface area contributed by atoms with E-state index in [-0.39, 0.29) is 30.7 Å². The van der Waals surface area contributed by atoms with Crippen LogP contribution in [0.2, 0.25) is 0 Å². The fourth-order valence-electron chi connectivity index (χ4n) is 5.94. The maximum Gasteiger partial charge on any atom is 0.253 e. The van der Waals surface area contributed by atoms with E-state index in [0.29, 0.717) is 12.1 Å². The van der Waals surface area contributed by atoms with Gasteiger partial charge in [-0.05, 0) is 49.4 Å². The smallest absolute Gasteiger partial charge is 0.253 e. The van der Waals surface area contributed by atoms with Crippen LogP contribution in [0.4, 0.5) is 0 Å². The van der Waals surface area contributed by atoms with Crippen molar-refractivity contribution in [3.8, 4) is 0 Å². The molecular formula is C25H33Cl2N3O. The van der Waals surface area contributed by atoms with Gasteiger partial charge >= 0.3 is 0 Å². The molecule has 0 unspecified atom stereocenters. The van der Waals surface area contributed by atoms with Crippen LogP contribution in [0.1, 0.15) is 34.8 Å². The number of halogens is 2. The molecule has 0 aromatic heterocycles. The molecular weight excluding hydrogens is 429 g/mol. The van der Waals surface area contributed by atoms with Crippen molar-refractivity contribution in [2.45, 2.75) is 24.9 Å². The largest absolute Gasteiger partial charge is 0.339 e. The van der Waals surface area contributed by atoms with Crippen LogP contribution in [-0.4, -0.2) is 66.4 Å². The van der Waals surface area contributed by atoms with Crippen LogP contribution in [0.15, 0.2) is 60.7 Å². The number of nitrogens with zero attached hydrogens (tertiary/aromatic N) is 3. The topological polar surface area (TPSA) is 26.8 Å². The minimum Gasteiger partial charge on any atom is -0.339 e. The average Bonchev–Trinajstić information content (AvgIpc) is 3.31. The summed E-state index contributed by atoms with van der Waals surface area (Å²) in [4.78, 5) is 20.1. The van der Waals surface area contributed by atoms with Crippen LogP contribution < -0.4 is 0 Å². The number of hydrogen-bond acceptors (Lipinski definition) is 3. The summed E-state index contributed by atoms with van der Waals surface area (Å²) >= 11 is 0. The minimum atomic E-state index is 0. The Kier molecular flexibility index (Phi) is 8.03. The molecule has 6 heteroatoms. The van der Waals surface area contributed by atoms with Gasteiger partial charge in [0, 0.05) is 50.4 Å². The number of carbonyl (C=O) groups is 1. The Labute approximate surface area is 198 Å². The van der Waals surface area contributed by atoms with Crippen LogP contribution >= 0.6 is 24.8 Å². The molecule has 31 heavy (non-hydrogen) atoms. The van der Waals surface area contributed by atoms with Gasteiger partial charge in [-0.2, -0.15) is 0 Å². The number of rotatable bonds is 3. The van der Waals surface area contributed by atoms with Crippen molar-refractivity contribution < 1.29 is 4.79 Å². The third-order valence-corrected chi connectivity index (χ3v) is 7.35. The van der Waals surface area contributed by atoms with Gasteiger partial charge in [0.25, 0.3) is 5.91 Å². The van der Waals surface area contributed by atoms with E-state index in [9.17, 15) is 4.79 Å². The van der Waals surface area contributed by atoms with Crippen molar-refractivity contribution in [3.05, 3.63) is 71.8 Å². The first-order valence-electron chi connectivity index (χ1n) is 11.0. The van der Waals surface area contributed by atoms with Crippen LogP contribution in [0.3, 0.4) is 0 Å². The van der Waals surface area contributed by atoms with Gasteiger partial charge in [0.2, 0.25) is 0 Å². The number of likely N-dealkylation sites (tertiary alicyclic amines) is 3. The molecule has 0 saturated carbocycles. The summed E-state index contributed by atoms with van der Waals surface area (Å²) in [6, 6.07) is 21.9. The molecule has 3 fully saturated rings. The first kappa shape index (κ1) is 24.1. The number of piperidine rings is 1. The van der Waals surface area contributed by atoms with Gasteiger partial charge in [0.1, 0.15) is 0 Å². The molecule has 0 bridgehead atoms. The van der Waals surface area contributed by atoms with Crippen molar-refractivity contribution in [2.75, 3.05) is 39.8 Å². The Morgan fingerprint density at radius 3 is 2.10 bits per heavy atom. The van der Waals surface area contributed by atoms with E-state index in [2.05, 4.69) is 47.2 Å². The number of fused-ring (bicyclic) bond motifs is 1. The molecule has 3 aliphatic heterocycles. The van der Waals surface area contributed by atoms with Crippen molar-refractivity contribution >= 4 is 30.7 Å². The SMILES string of the molecule is CN1C[C@H]2CN(C3CCN(C(=O)c4ccccc4)CC3)C[C@H]2[C@@H]1c1ccccc1.Cl.Cl. The highest BCUT2D eigenvalue weighted by Gasteiger charge is 2.47. The van der Waals surface area contributed by atoms with E-state index in [0.717, 1.165) is 43.3 Å². The van der Waals surface area contributed by atoms with E-state index in [1.807, 2.05) is 35.2 Å². The second kappa shape index (κ2) is 10.4. The standard InChI is InChI=1S/C25H31N3O.2ClH/c1-26-16-21-17-28(18-23(21)24(26)19-8-4-2-5-9-19)22-12-14-27(15-13-22)25(29)20-10-6-3-7-11-20;;/h2-11,21-24H,12-18H2,1H3;2*1H/t21-,23+,24-;;/m0../s1. The van der Waals surface area contributed by atoms with E-state index < -0.39 is 0 Å². The molecule has 2 aromatic carbocycles. The number of amides is 1. The summed E-state index contributed by atoms with van der Waals surface area (Å²) in [5.74, 6) is 1.69. The van der Waals surface area contributed by atoms with Gasteiger partial charge in [0.15, 0.2) is 0 Å². The van der Waals surface area contributed by atoms with E-state index in [1.54, 1.807) is 0 Å². The van der Waals surface area contributed by atoms with E-state index >= 15 is 0 Å². The van der Waals surface area contributed by atoms with Gasteiger partial charge in [-0.15, -0.1) is 24.8 Å². The number of hydrogen-bond donors (Lipinski definition) is 0. The third kappa shape index (κ3) is 4.78. The maximum absolute atomic E-state index is 12.7. The Balaban J connectivity index is 0.00000136. The summed E-state index contributed by atoms with van der Waals surface area (Å²) in [7, 11) is 2.29. The zero-order chi connectivity index (χ0) is 19.8. The lowest BCUT2D eigenvalue weighted by atomic mass is 9.90. The zero-order valence-electron chi connectivity index (χ0n) is 18.1. The molecule has 3 saturated heterocycles. The van der Waals surface area contributed by atoms with E-state index in [1.165, 1.54) is 25.2 Å². The van der Waals surface area contributed by atoms with Crippen molar-refractivity contribution in [2.24, 2.45) is 11.8 Å². The molecule has 3 aliphatic rings. The van der Waals surface area contributed by atoms with Gasteiger partial charge in [0.05, 0.1) is 0 Å². The van der Waals surface area contributed by atoms with Gasteiger partial charge in [-0.3, -0.25) is 14.6 Å². The van der Waals surface area contributed by atoms with Crippen molar-refractivity contribution in [1.82, 2.24) is 14.7 Å². The summed E-state index contributed by atoms with van der Waals surface area (Å²) in [6.45, 7) is 5.38. The lowest BCUT2D eigenvalue weighted by Crippen LogP contribution is -2.46. The second-order valence-corrected chi connectivity index (χ2v) is 9.06. The van der Waals surface area contributed by atoms with Crippen molar-refractivity contribution in [1.29, 1.82) is 0 Å². The summed E-state index contributed by atoms with van der Waals surface area (Å²) in [6.07, 6.45) is 2.20. The number of carbonyl (C=O) groups excluding carboxylic acids is 1. The molecule has 3 atom stereocenters. The first-order chi connectivity index (χ1) is 14.2. The highest BCUT2D eigenvalue weighted by Crippen LogP contribution is 2.45. The molecule has 0 spiro atoms. The Bertz CT molecular complexity index is 842. The molecule has 1 amide bonds. The monoisotopic (exact) mass is 461 g/mol. The fourth-order valence-corrected chi connectivity index (χ4v) is 5.94.